The number of rotatable bonds is 7. The quantitative estimate of drug-likeness (QED) is 0.597. The van der Waals surface area contributed by atoms with E-state index < -0.39 is 11.6 Å². The molecule has 21 heavy (non-hydrogen) atoms. The van der Waals surface area contributed by atoms with Crippen LogP contribution in [0.2, 0.25) is 0 Å². The molecule has 0 bridgehead atoms. The molecular formula is C14H18F2N2O2S. The molecule has 1 aromatic carbocycles. The minimum atomic E-state index is -0.683. The molecule has 0 atom stereocenters. The molecule has 0 aliphatic heterocycles. The van der Waals surface area contributed by atoms with Gasteiger partial charge in [-0.25, -0.2) is 8.78 Å². The van der Waals surface area contributed by atoms with Gasteiger partial charge in [-0.3, -0.25) is 9.59 Å². The Morgan fingerprint density at radius 1 is 1.19 bits per heavy atom. The molecular weight excluding hydrogens is 298 g/mol. The highest BCUT2D eigenvalue weighted by molar-refractivity contribution is 8.00. The van der Waals surface area contributed by atoms with Crippen molar-refractivity contribution in [3.05, 3.63) is 29.8 Å². The molecule has 0 heterocycles. The van der Waals surface area contributed by atoms with Crippen molar-refractivity contribution < 1.29 is 18.4 Å². The van der Waals surface area contributed by atoms with Crippen molar-refractivity contribution in [2.24, 2.45) is 5.92 Å². The predicted octanol–water partition coefficient (Wildman–Crippen LogP) is 1.95. The number of halogens is 2. The summed E-state index contributed by atoms with van der Waals surface area (Å²) in [5.41, 5.74) is 0. The molecule has 0 spiro atoms. The minimum absolute atomic E-state index is 0.0285. The lowest BCUT2D eigenvalue weighted by atomic mass is 10.2. The fourth-order valence-corrected chi connectivity index (χ4v) is 2.13. The third-order valence-electron chi connectivity index (χ3n) is 2.52. The second-order valence-electron chi connectivity index (χ2n) is 4.66. The van der Waals surface area contributed by atoms with Crippen LogP contribution < -0.4 is 10.6 Å². The van der Waals surface area contributed by atoms with Gasteiger partial charge in [0.15, 0.2) is 0 Å². The standard InChI is InChI=1S/C14H18F2N2O2S/c1-9(2)14(20)18-6-5-17-13(19)8-21-12-4-3-10(15)7-11(12)16/h3-4,7,9H,5-6,8H2,1-2H3,(H,17,19)(H,18,20). The summed E-state index contributed by atoms with van der Waals surface area (Å²) in [5, 5.41) is 5.27. The highest BCUT2D eigenvalue weighted by Crippen LogP contribution is 2.21. The largest absolute Gasteiger partial charge is 0.354 e. The van der Waals surface area contributed by atoms with Crippen LogP contribution in [0.3, 0.4) is 0 Å². The summed E-state index contributed by atoms with van der Waals surface area (Å²) in [7, 11) is 0. The molecule has 0 fully saturated rings. The molecule has 0 aliphatic rings. The summed E-state index contributed by atoms with van der Waals surface area (Å²) < 4.78 is 26.0. The van der Waals surface area contributed by atoms with E-state index in [0.29, 0.717) is 13.1 Å². The highest BCUT2D eigenvalue weighted by Gasteiger charge is 2.08. The van der Waals surface area contributed by atoms with Crippen molar-refractivity contribution >= 4 is 23.6 Å². The molecule has 1 aromatic rings. The first-order valence-electron chi connectivity index (χ1n) is 6.52. The molecule has 4 nitrogen and oxygen atoms in total. The van der Waals surface area contributed by atoms with Crippen molar-refractivity contribution in [2.75, 3.05) is 18.8 Å². The van der Waals surface area contributed by atoms with Crippen molar-refractivity contribution in [2.45, 2.75) is 18.7 Å². The van der Waals surface area contributed by atoms with Gasteiger partial charge in [-0.1, -0.05) is 13.8 Å². The van der Waals surface area contributed by atoms with Crippen LogP contribution >= 0.6 is 11.8 Å². The van der Waals surface area contributed by atoms with Gasteiger partial charge in [-0.15, -0.1) is 11.8 Å². The number of hydrogen-bond acceptors (Lipinski definition) is 3. The maximum absolute atomic E-state index is 13.3. The minimum Gasteiger partial charge on any atom is -0.354 e. The van der Waals surface area contributed by atoms with E-state index in [-0.39, 0.29) is 28.4 Å². The summed E-state index contributed by atoms with van der Waals surface area (Å²) in [6.07, 6.45) is 0. The molecule has 0 aromatic heterocycles. The van der Waals surface area contributed by atoms with Gasteiger partial charge in [0.2, 0.25) is 11.8 Å². The first-order chi connectivity index (χ1) is 9.90. The lowest BCUT2D eigenvalue weighted by Crippen LogP contribution is -2.36. The number of carbonyl (C=O) groups is 2. The molecule has 7 heteroatoms. The number of amides is 2. The van der Waals surface area contributed by atoms with E-state index in [4.69, 9.17) is 0 Å². The van der Waals surface area contributed by atoms with E-state index in [9.17, 15) is 18.4 Å². The van der Waals surface area contributed by atoms with E-state index in [1.165, 1.54) is 6.07 Å². The maximum Gasteiger partial charge on any atom is 0.230 e. The SMILES string of the molecule is CC(C)C(=O)NCCNC(=O)CSc1ccc(F)cc1F. The zero-order valence-electron chi connectivity index (χ0n) is 11.9. The fraction of sp³-hybridized carbons (Fsp3) is 0.429. The molecule has 0 saturated carbocycles. The Hall–Kier alpha value is -1.63. The number of carbonyl (C=O) groups excluding carboxylic acids is 2. The topological polar surface area (TPSA) is 58.2 Å². The van der Waals surface area contributed by atoms with Crippen LogP contribution in [-0.2, 0) is 9.59 Å². The first-order valence-corrected chi connectivity index (χ1v) is 7.51. The van der Waals surface area contributed by atoms with Crippen LogP contribution in [-0.4, -0.2) is 30.7 Å². The summed E-state index contributed by atoms with van der Waals surface area (Å²) in [4.78, 5) is 23.0. The third-order valence-corrected chi connectivity index (χ3v) is 3.57. The Balaban J connectivity index is 2.24. The number of nitrogens with one attached hydrogen (secondary N) is 2. The third kappa shape index (κ3) is 6.57. The Morgan fingerprint density at radius 3 is 2.48 bits per heavy atom. The molecule has 0 unspecified atom stereocenters. The van der Waals surface area contributed by atoms with Crippen LogP contribution in [0, 0.1) is 17.6 Å². The van der Waals surface area contributed by atoms with Crippen LogP contribution in [0.4, 0.5) is 8.78 Å². The molecule has 0 radical (unpaired) electrons. The Morgan fingerprint density at radius 2 is 1.86 bits per heavy atom. The van der Waals surface area contributed by atoms with E-state index in [1.54, 1.807) is 13.8 Å². The van der Waals surface area contributed by atoms with Gasteiger partial charge in [0.05, 0.1) is 5.75 Å². The van der Waals surface area contributed by atoms with E-state index in [1.807, 2.05) is 0 Å². The molecule has 0 aliphatic carbocycles. The fourth-order valence-electron chi connectivity index (χ4n) is 1.38. The molecule has 116 valence electrons. The Bertz CT molecular complexity index is 510. The second-order valence-corrected chi connectivity index (χ2v) is 5.68. The number of benzene rings is 1. The number of hydrogen-bond donors (Lipinski definition) is 2. The van der Waals surface area contributed by atoms with Crippen LogP contribution in [0.5, 0.6) is 0 Å². The van der Waals surface area contributed by atoms with Gasteiger partial charge in [0, 0.05) is 30.0 Å². The Kier molecular flexibility index (Phi) is 7.14. The summed E-state index contributed by atoms with van der Waals surface area (Å²) in [6.45, 7) is 4.21. The van der Waals surface area contributed by atoms with Gasteiger partial charge in [0.1, 0.15) is 11.6 Å². The van der Waals surface area contributed by atoms with Crippen LogP contribution in [0.15, 0.2) is 23.1 Å². The Labute approximate surface area is 126 Å². The average molecular weight is 316 g/mol. The molecule has 0 saturated heterocycles. The predicted molar refractivity (Wildman–Crippen MR) is 77.9 cm³/mol. The van der Waals surface area contributed by atoms with E-state index in [2.05, 4.69) is 10.6 Å². The summed E-state index contributed by atoms with van der Waals surface area (Å²) in [6, 6.07) is 3.22. The summed E-state index contributed by atoms with van der Waals surface area (Å²) >= 11 is 0.992. The summed E-state index contributed by atoms with van der Waals surface area (Å²) in [5.74, 6) is -1.76. The monoisotopic (exact) mass is 316 g/mol. The molecule has 1 rings (SSSR count). The van der Waals surface area contributed by atoms with Gasteiger partial charge in [-0.2, -0.15) is 0 Å². The van der Waals surface area contributed by atoms with Crippen LogP contribution in [0.25, 0.3) is 0 Å². The lowest BCUT2D eigenvalue weighted by Gasteiger charge is -2.09. The molecule has 2 N–H and O–H groups in total. The van der Waals surface area contributed by atoms with Crippen molar-refractivity contribution in [3.63, 3.8) is 0 Å². The van der Waals surface area contributed by atoms with Gasteiger partial charge in [0.25, 0.3) is 0 Å². The second kappa shape index (κ2) is 8.61. The maximum atomic E-state index is 13.3. The average Bonchev–Trinajstić information content (AvgIpc) is 2.42. The zero-order chi connectivity index (χ0) is 15.8. The van der Waals surface area contributed by atoms with Crippen LogP contribution in [0.1, 0.15) is 13.8 Å². The highest BCUT2D eigenvalue weighted by atomic mass is 32.2. The van der Waals surface area contributed by atoms with Gasteiger partial charge in [-0.05, 0) is 12.1 Å². The van der Waals surface area contributed by atoms with E-state index in [0.717, 1.165) is 23.9 Å². The van der Waals surface area contributed by atoms with Gasteiger partial charge >= 0.3 is 0 Å². The van der Waals surface area contributed by atoms with Crippen molar-refractivity contribution in [3.8, 4) is 0 Å². The lowest BCUT2D eigenvalue weighted by molar-refractivity contribution is -0.124. The smallest absolute Gasteiger partial charge is 0.230 e. The zero-order valence-corrected chi connectivity index (χ0v) is 12.7. The van der Waals surface area contributed by atoms with Crippen molar-refractivity contribution in [1.82, 2.24) is 10.6 Å². The van der Waals surface area contributed by atoms with Crippen molar-refractivity contribution in [1.29, 1.82) is 0 Å². The number of thioether (sulfide) groups is 1. The van der Waals surface area contributed by atoms with Gasteiger partial charge < -0.3 is 10.6 Å². The normalized spacial score (nSPS) is 10.5. The molecule has 2 amide bonds. The first kappa shape index (κ1) is 17.4. The van der Waals surface area contributed by atoms with E-state index >= 15 is 0 Å².